The monoisotopic (exact) mass is 286 g/mol. The molecule has 21 heavy (non-hydrogen) atoms. The standard InChI is InChI=1S/C16H12F2N2O/c17-12-7-4-8-13(18)14(12)16(21)11-9-19-20-15(11)10-5-2-1-3-6-10/h1-9,16,21H,(H,19,20). The van der Waals surface area contributed by atoms with Crippen molar-refractivity contribution in [1.29, 1.82) is 0 Å². The van der Waals surface area contributed by atoms with E-state index in [1.807, 2.05) is 30.3 Å². The number of aromatic nitrogens is 2. The van der Waals surface area contributed by atoms with Gasteiger partial charge in [0.1, 0.15) is 17.7 Å². The van der Waals surface area contributed by atoms with E-state index in [4.69, 9.17) is 0 Å². The molecule has 2 N–H and O–H groups in total. The lowest BCUT2D eigenvalue weighted by Gasteiger charge is -2.13. The second-order valence-electron chi connectivity index (χ2n) is 4.60. The predicted octanol–water partition coefficient (Wildman–Crippen LogP) is 3.44. The molecule has 1 aromatic heterocycles. The fourth-order valence-corrected chi connectivity index (χ4v) is 2.27. The molecule has 2 aromatic carbocycles. The Morgan fingerprint density at radius 1 is 0.952 bits per heavy atom. The van der Waals surface area contributed by atoms with Gasteiger partial charge in [-0.2, -0.15) is 5.10 Å². The summed E-state index contributed by atoms with van der Waals surface area (Å²) in [5.74, 6) is -1.58. The number of rotatable bonds is 3. The summed E-state index contributed by atoms with van der Waals surface area (Å²) >= 11 is 0. The normalized spacial score (nSPS) is 12.3. The second kappa shape index (κ2) is 5.46. The van der Waals surface area contributed by atoms with Crippen molar-refractivity contribution in [3.8, 4) is 11.3 Å². The molecule has 0 radical (unpaired) electrons. The Bertz CT molecular complexity index is 736. The van der Waals surface area contributed by atoms with Crippen LogP contribution in [0, 0.1) is 11.6 Å². The first-order chi connectivity index (χ1) is 10.2. The molecule has 0 saturated carbocycles. The van der Waals surface area contributed by atoms with Crippen LogP contribution in [-0.2, 0) is 0 Å². The van der Waals surface area contributed by atoms with Crippen LogP contribution in [0.5, 0.6) is 0 Å². The predicted molar refractivity (Wildman–Crippen MR) is 74.4 cm³/mol. The summed E-state index contributed by atoms with van der Waals surface area (Å²) in [6, 6.07) is 12.6. The third-order valence-electron chi connectivity index (χ3n) is 3.30. The summed E-state index contributed by atoms with van der Waals surface area (Å²) in [6.45, 7) is 0. The van der Waals surface area contributed by atoms with Gasteiger partial charge in [-0.25, -0.2) is 8.78 Å². The van der Waals surface area contributed by atoms with Gasteiger partial charge in [-0.1, -0.05) is 36.4 Å². The van der Waals surface area contributed by atoms with Crippen molar-refractivity contribution in [2.24, 2.45) is 0 Å². The lowest BCUT2D eigenvalue weighted by molar-refractivity contribution is 0.209. The molecular formula is C16H12F2N2O. The number of hydrogen-bond donors (Lipinski definition) is 2. The Labute approximate surface area is 119 Å². The van der Waals surface area contributed by atoms with Gasteiger partial charge in [0.05, 0.1) is 17.5 Å². The van der Waals surface area contributed by atoms with Crippen LogP contribution < -0.4 is 0 Å². The van der Waals surface area contributed by atoms with Gasteiger partial charge >= 0.3 is 0 Å². The van der Waals surface area contributed by atoms with E-state index in [-0.39, 0.29) is 5.56 Å². The summed E-state index contributed by atoms with van der Waals surface area (Å²) in [5, 5.41) is 17.0. The van der Waals surface area contributed by atoms with Crippen LogP contribution in [0.1, 0.15) is 17.2 Å². The number of halogens is 2. The molecule has 0 amide bonds. The van der Waals surface area contributed by atoms with Crippen molar-refractivity contribution in [3.63, 3.8) is 0 Å². The molecule has 0 aliphatic rings. The van der Waals surface area contributed by atoms with E-state index in [2.05, 4.69) is 10.2 Å². The topological polar surface area (TPSA) is 48.9 Å². The number of nitrogens with zero attached hydrogens (tertiary/aromatic N) is 1. The Balaban J connectivity index is 2.08. The molecule has 1 heterocycles. The minimum atomic E-state index is -1.43. The SMILES string of the molecule is OC(c1cn[nH]c1-c1ccccc1)c1c(F)cccc1F. The van der Waals surface area contributed by atoms with Crippen molar-refractivity contribution in [3.05, 3.63) is 77.5 Å². The fourth-order valence-electron chi connectivity index (χ4n) is 2.27. The number of aliphatic hydroxyl groups is 1. The lowest BCUT2D eigenvalue weighted by atomic mass is 9.98. The Morgan fingerprint density at radius 3 is 2.29 bits per heavy atom. The highest BCUT2D eigenvalue weighted by atomic mass is 19.1. The number of benzene rings is 2. The maximum Gasteiger partial charge on any atom is 0.132 e. The van der Waals surface area contributed by atoms with Crippen molar-refractivity contribution in [2.45, 2.75) is 6.10 Å². The zero-order valence-electron chi connectivity index (χ0n) is 10.9. The van der Waals surface area contributed by atoms with Gasteiger partial charge in [0.2, 0.25) is 0 Å². The van der Waals surface area contributed by atoms with Gasteiger partial charge in [0, 0.05) is 5.56 Å². The third-order valence-corrected chi connectivity index (χ3v) is 3.30. The van der Waals surface area contributed by atoms with E-state index in [1.54, 1.807) is 0 Å². The summed E-state index contributed by atoms with van der Waals surface area (Å²) in [4.78, 5) is 0. The quantitative estimate of drug-likeness (QED) is 0.775. The lowest BCUT2D eigenvalue weighted by Crippen LogP contribution is -2.06. The molecule has 1 unspecified atom stereocenters. The number of aromatic amines is 1. The van der Waals surface area contributed by atoms with Gasteiger partial charge in [-0.15, -0.1) is 0 Å². The fraction of sp³-hybridized carbons (Fsp3) is 0.0625. The van der Waals surface area contributed by atoms with E-state index in [1.165, 1.54) is 12.3 Å². The van der Waals surface area contributed by atoms with Gasteiger partial charge in [0.25, 0.3) is 0 Å². The maximum absolute atomic E-state index is 13.8. The highest BCUT2D eigenvalue weighted by Gasteiger charge is 2.23. The Hall–Kier alpha value is -2.53. The van der Waals surface area contributed by atoms with E-state index in [0.717, 1.165) is 17.7 Å². The summed E-state index contributed by atoms with van der Waals surface area (Å²) in [7, 11) is 0. The van der Waals surface area contributed by atoms with Crippen LogP contribution in [0.3, 0.4) is 0 Å². The zero-order chi connectivity index (χ0) is 14.8. The first-order valence-electron chi connectivity index (χ1n) is 6.39. The van der Waals surface area contributed by atoms with Crippen molar-refractivity contribution >= 4 is 0 Å². The minimum Gasteiger partial charge on any atom is -0.383 e. The van der Waals surface area contributed by atoms with Crippen LogP contribution in [0.2, 0.25) is 0 Å². The van der Waals surface area contributed by atoms with Crippen LogP contribution in [0.4, 0.5) is 8.78 Å². The highest BCUT2D eigenvalue weighted by Crippen LogP contribution is 2.32. The van der Waals surface area contributed by atoms with Crippen LogP contribution in [0.15, 0.2) is 54.7 Å². The number of H-pyrrole nitrogens is 1. The molecule has 1 atom stereocenters. The maximum atomic E-state index is 13.8. The molecule has 3 rings (SSSR count). The third kappa shape index (κ3) is 2.43. The van der Waals surface area contributed by atoms with E-state index in [9.17, 15) is 13.9 Å². The van der Waals surface area contributed by atoms with Crippen LogP contribution in [0.25, 0.3) is 11.3 Å². The van der Waals surface area contributed by atoms with Crippen molar-refractivity contribution in [1.82, 2.24) is 10.2 Å². The van der Waals surface area contributed by atoms with E-state index < -0.39 is 17.7 Å². The van der Waals surface area contributed by atoms with Gasteiger partial charge < -0.3 is 5.11 Å². The molecule has 5 heteroatoms. The number of aliphatic hydroxyl groups excluding tert-OH is 1. The molecule has 0 aliphatic carbocycles. The first kappa shape index (κ1) is 13.5. The molecule has 0 spiro atoms. The van der Waals surface area contributed by atoms with E-state index in [0.29, 0.717) is 11.3 Å². The molecular weight excluding hydrogens is 274 g/mol. The summed E-state index contributed by atoms with van der Waals surface area (Å²) in [6.07, 6.45) is -0.0565. The molecule has 0 aliphatic heterocycles. The van der Waals surface area contributed by atoms with Crippen LogP contribution in [-0.4, -0.2) is 15.3 Å². The highest BCUT2D eigenvalue weighted by molar-refractivity contribution is 5.63. The molecule has 3 nitrogen and oxygen atoms in total. The Kier molecular flexibility index (Phi) is 3.50. The molecule has 0 saturated heterocycles. The average Bonchev–Trinajstić information content (AvgIpc) is 2.97. The molecule has 106 valence electrons. The number of nitrogens with one attached hydrogen (secondary N) is 1. The molecule has 3 aromatic rings. The van der Waals surface area contributed by atoms with Crippen LogP contribution >= 0.6 is 0 Å². The van der Waals surface area contributed by atoms with Gasteiger partial charge in [-0.05, 0) is 17.7 Å². The van der Waals surface area contributed by atoms with Crippen molar-refractivity contribution < 1.29 is 13.9 Å². The smallest absolute Gasteiger partial charge is 0.132 e. The summed E-state index contributed by atoms with van der Waals surface area (Å²) in [5.41, 5.74) is 1.26. The largest absolute Gasteiger partial charge is 0.383 e. The Morgan fingerprint density at radius 2 is 1.62 bits per heavy atom. The van der Waals surface area contributed by atoms with Gasteiger partial charge in [0.15, 0.2) is 0 Å². The minimum absolute atomic E-state index is 0.324. The summed E-state index contributed by atoms with van der Waals surface area (Å²) < 4.78 is 27.6. The molecule has 0 bridgehead atoms. The van der Waals surface area contributed by atoms with E-state index >= 15 is 0 Å². The van der Waals surface area contributed by atoms with Crippen molar-refractivity contribution in [2.75, 3.05) is 0 Å². The first-order valence-corrected chi connectivity index (χ1v) is 6.39. The molecule has 0 fully saturated rings. The zero-order valence-corrected chi connectivity index (χ0v) is 10.9. The van der Waals surface area contributed by atoms with Gasteiger partial charge in [-0.3, -0.25) is 5.10 Å². The second-order valence-corrected chi connectivity index (χ2v) is 4.60. The average molecular weight is 286 g/mol. The number of hydrogen-bond acceptors (Lipinski definition) is 2.